The van der Waals surface area contributed by atoms with Crippen molar-refractivity contribution in [2.45, 2.75) is 32.1 Å². The van der Waals surface area contributed by atoms with E-state index >= 15 is 0 Å². The van der Waals surface area contributed by atoms with E-state index in [4.69, 9.17) is 4.74 Å². The van der Waals surface area contributed by atoms with Crippen LogP contribution >= 0.6 is 0 Å². The van der Waals surface area contributed by atoms with E-state index in [9.17, 15) is 9.18 Å². The Morgan fingerprint density at radius 2 is 1.97 bits per heavy atom. The first kappa shape index (κ1) is 21.8. The van der Waals surface area contributed by atoms with Crippen LogP contribution in [0.5, 0.6) is 5.75 Å². The monoisotopic (exact) mass is 433 g/mol. The SMILES string of the molecule is COc1cc(C(=O)/C=C/N2CCCC(c3ccc(F)cc3)CC2)ccc1-n1cnc(C)c1. The van der Waals surface area contributed by atoms with Crippen LogP contribution in [0.15, 0.2) is 67.3 Å². The van der Waals surface area contributed by atoms with Gasteiger partial charge >= 0.3 is 0 Å². The fraction of sp³-hybridized carbons (Fsp3) is 0.308. The molecule has 2 aromatic carbocycles. The number of halogens is 1. The summed E-state index contributed by atoms with van der Waals surface area (Å²) in [5, 5.41) is 0. The summed E-state index contributed by atoms with van der Waals surface area (Å²) in [6.07, 6.45) is 10.3. The summed E-state index contributed by atoms with van der Waals surface area (Å²) in [6.45, 7) is 3.70. The highest BCUT2D eigenvalue weighted by molar-refractivity contribution is 6.04. The van der Waals surface area contributed by atoms with Gasteiger partial charge in [0.15, 0.2) is 5.78 Å². The van der Waals surface area contributed by atoms with Crippen molar-refractivity contribution in [2.75, 3.05) is 20.2 Å². The standard InChI is InChI=1S/C26H28FN3O2/c1-19-17-30(18-28-19)24-10-7-22(16-26(24)32-2)25(31)12-15-29-13-3-4-20(11-14-29)21-5-8-23(27)9-6-21/h5-10,12,15-18,20H,3-4,11,13-14H2,1-2H3/b15-12+. The van der Waals surface area contributed by atoms with Gasteiger partial charge in [0, 0.05) is 37.1 Å². The molecular formula is C26H28FN3O2. The molecule has 0 saturated carbocycles. The summed E-state index contributed by atoms with van der Waals surface area (Å²) in [7, 11) is 1.60. The third-order valence-electron chi connectivity index (χ3n) is 5.99. The molecule has 1 aliphatic heterocycles. The number of carbonyl (C=O) groups excluding carboxylic acids is 1. The second-order valence-electron chi connectivity index (χ2n) is 8.20. The van der Waals surface area contributed by atoms with Gasteiger partial charge in [-0.2, -0.15) is 0 Å². The quantitative estimate of drug-likeness (QED) is 0.391. The van der Waals surface area contributed by atoms with Crippen molar-refractivity contribution >= 4 is 5.78 Å². The largest absolute Gasteiger partial charge is 0.495 e. The number of ether oxygens (including phenoxy) is 1. The van der Waals surface area contributed by atoms with Crippen LogP contribution in [0.25, 0.3) is 5.69 Å². The summed E-state index contributed by atoms with van der Waals surface area (Å²) in [6, 6.07) is 12.3. The van der Waals surface area contributed by atoms with Crippen molar-refractivity contribution < 1.29 is 13.9 Å². The number of benzene rings is 2. The molecule has 0 aliphatic carbocycles. The van der Waals surface area contributed by atoms with E-state index in [1.807, 2.05) is 48.2 Å². The van der Waals surface area contributed by atoms with Gasteiger partial charge in [-0.1, -0.05) is 12.1 Å². The Kier molecular flexibility index (Phi) is 6.69. The highest BCUT2D eigenvalue weighted by Crippen LogP contribution is 2.28. The molecule has 1 fully saturated rings. The average Bonchev–Trinajstić information content (AvgIpc) is 3.10. The maximum atomic E-state index is 13.2. The summed E-state index contributed by atoms with van der Waals surface area (Å²) in [4.78, 5) is 19.2. The van der Waals surface area contributed by atoms with Crippen LogP contribution in [0.3, 0.4) is 0 Å². The molecule has 32 heavy (non-hydrogen) atoms. The number of aryl methyl sites for hydroxylation is 1. The summed E-state index contributed by atoms with van der Waals surface area (Å²) in [5.74, 6) is 0.790. The van der Waals surface area contributed by atoms with Gasteiger partial charge in [-0.25, -0.2) is 9.37 Å². The first-order valence-electron chi connectivity index (χ1n) is 10.9. The number of likely N-dealkylation sites (tertiary alicyclic amines) is 1. The van der Waals surface area contributed by atoms with Crippen LogP contribution in [-0.2, 0) is 0 Å². The smallest absolute Gasteiger partial charge is 0.187 e. The number of ketones is 1. The highest BCUT2D eigenvalue weighted by atomic mass is 19.1. The molecule has 1 atom stereocenters. The second kappa shape index (κ2) is 9.81. The van der Waals surface area contributed by atoms with Crippen LogP contribution in [0.2, 0.25) is 0 Å². The molecule has 1 unspecified atom stereocenters. The van der Waals surface area contributed by atoms with Gasteiger partial charge in [0.05, 0.1) is 24.8 Å². The van der Waals surface area contributed by atoms with Crippen molar-refractivity contribution in [1.82, 2.24) is 14.5 Å². The van der Waals surface area contributed by atoms with Crippen LogP contribution in [0, 0.1) is 12.7 Å². The molecule has 3 aromatic rings. The van der Waals surface area contributed by atoms with Gasteiger partial charge in [-0.15, -0.1) is 0 Å². The summed E-state index contributed by atoms with van der Waals surface area (Å²) >= 11 is 0. The molecule has 166 valence electrons. The Morgan fingerprint density at radius 3 is 2.69 bits per heavy atom. The average molecular weight is 434 g/mol. The number of hydrogen-bond acceptors (Lipinski definition) is 4. The lowest BCUT2D eigenvalue weighted by Gasteiger charge is -2.18. The van der Waals surface area contributed by atoms with Crippen molar-refractivity contribution in [3.05, 3.63) is 89.9 Å². The Bertz CT molecular complexity index is 1100. The first-order valence-corrected chi connectivity index (χ1v) is 10.9. The number of hydrogen-bond donors (Lipinski definition) is 0. The third kappa shape index (κ3) is 5.07. The molecule has 4 rings (SSSR count). The number of allylic oxidation sites excluding steroid dienone is 1. The van der Waals surface area contributed by atoms with Crippen molar-refractivity contribution in [3.8, 4) is 11.4 Å². The van der Waals surface area contributed by atoms with Gasteiger partial charge in [0.1, 0.15) is 11.6 Å². The molecule has 6 heteroatoms. The summed E-state index contributed by atoms with van der Waals surface area (Å²) < 4.78 is 20.6. The first-order chi connectivity index (χ1) is 15.5. The van der Waals surface area contributed by atoms with Gasteiger partial charge in [-0.3, -0.25) is 4.79 Å². The Balaban J connectivity index is 1.41. The van der Waals surface area contributed by atoms with E-state index < -0.39 is 0 Å². The normalized spacial score (nSPS) is 16.8. The van der Waals surface area contributed by atoms with Gasteiger partial charge in [0.2, 0.25) is 0 Å². The Morgan fingerprint density at radius 1 is 1.16 bits per heavy atom. The Labute approximate surface area is 188 Å². The number of rotatable bonds is 6. The van der Waals surface area contributed by atoms with Crippen molar-refractivity contribution in [3.63, 3.8) is 0 Å². The number of aromatic nitrogens is 2. The predicted molar refractivity (Wildman–Crippen MR) is 123 cm³/mol. The molecule has 0 amide bonds. The molecule has 1 aromatic heterocycles. The zero-order valence-corrected chi connectivity index (χ0v) is 18.5. The molecule has 0 radical (unpaired) electrons. The molecular weight excluding hydrogens is 405 g/mol. The topological polar surface area (TPSA) is 47.4 Å². The van der Waals surface area contributed by atoms with E-state index in [0.717, 1.165) is 43.7 Å². The molecule has 0 bridgehead atoms. The Hall–Kier alpha value is -3.41. The van der Waals surface area contributed by atoms with Crippen LogP contribution < -0.4 is 4.74 Å². The number of imidazole rings is 1. The van der Waals surface area contributed by atoms with E-state index in [0.29, 0.717) is 17.2 Å². The minimum absolute atomic E-state index is 0.0593. The van der Waals surface area contributed by atoms with Crippen LogP contribution in [-0.4, -0.2) is 40.4 Å². The van der Waals surface area contributed by atoms with E-state index in [-0.39, 0.29) is 11.6 Å². The van der Waals surface area contributed by atoms with Crippen molar-refractivity contribution in [2.24, 2.45) is 0 Å². The second-order valence-corrected chi connectivity index (χ2v) is 8.20. The number of carbonyl (C=O) groups is 1. The maximum absolute atomic E-state index is 13.2. The molecule has 0 spiro atoms. The molecule has 1 aliphatic rings. The van der Waals surface area contributed by atoms with Gasteiger partial charge < -0.3 is 14.2 Å². The summed E-state index contributed by atoms with van der Waals surface area (Å²) in [5.41, 5.74) is 3.52. The maximum Gasteiger partial charge on any atom is 0.187 e. The van der Waals surface area contributed by atoms with Gasteiger partial charge in [0.25, 0.3) is 0 Å². The lowest BCUT2D eigenvalue weighted by atomic mass is 9.92. The highest BCUT2D eigenvalue weighted by Gasteiger charge is 2.17. The predicted octanol–water partition coefficient (Wildman–Crippen LogP) is 5.29. The molecule has 5 nitrogen and oxygen atoms in total. The zero-order chi connectivity index (χ0) is 22.5. The number of nitrogens with zero attached hydrogens (tertiary/aromatic N) is 3. The molecule has 0 N–H and O–H groups in total. The van der Waals surface area contributed by atoms with Gasteiger partial charge in [-0.05, 0) is 68.0 Å². The lowest BCUT2D eigenvalue weighted by molar-refractivity contribution is 0.104. The molecule has 2 heterocycles. The van der Waals surface area contributed by atoms with E-state index in [1.54, 1.807) is 25.6 Å². The minimum atomic E-state index is -0.199. The lowest BCUT2D eigenvalue weighted by Crippen LogP contribution is -2.18. The fourth-order valence-corrected chi connectivity index (χ4v) is 4.20. The van der Waals surface area contributed by atoms with E-state index in [2.05, 4.69) is 9.88 Å². The van der Waals surface area contributed by atoms with Crippen LogP contribution in [0.1, 0.15) is 46.8 Å². The van der Waals surface area contributed by atoms with E-state index in [1.165, 1.54) is 17.7 Å². The molecule has 1 saturated heterocycles. The third-order valence-corrected chi connectivity index (χ3v) is 5.99. The van der Waals surface area contributed by atoms with Crippen LogP contribution in [0.4, 0.5) is 4.39 Å². The van der Waals surface area contributed by atoms with Crippen molar-refractivity contribution in [1.29, 1.82) is 0 Å². The minimum Gasteiger partial charge on any atom is -0.495 e. The fourth-order valence-electron chi connectivity index (χ4n) is 4.20. The zero-order valence-electron chi connectivity index (χ0n) is 18.5. The number of methoxy groups -OCH3 is 1.